The van der Waals surface area contributed by atoms with Gasteiger partial charge < -0.3 is 9.84 Å². The van der Waals surface area contributed by atoms with Crippen LogP contribution in [0.4, 0.5) is 5.69 Å². The van der Waals surface area contributed by atoms with Gasteiger partial charge in [-0.2, -0.15) is 0 Å². The van der Waals surface area contributed by atoms with Crippen LogP contribution in [0.25, 0.3) is 0 Å². The molecule has 0 unspecified atom stereocenters. The SMILES string of the molecule is CCOC(=O)C(C1=Nc2ccccc2C1=O)=C(C)O. The molecular weight excluding hydrogens is 246 g/mol. The maximum absolute atomic E-state index is 12.2. The Morgan fingerprint density at radius 1 is 1.37 bits per heavy atom. The molecule has 0 atom stereocenters. The van der Waals surface area contributed by atoms with Crippen molar-refractivity contribution in [1.82, 2.24) is 0 Å². The number of ether oxygens (including phenoxy) is 1. The van der Waals surface area contributed by atoms with E-state index >= 15 is 0 Å². The second-order valence-electron chi connectivity index (χ2n) is 3.99. The zero-order valence-electron chi connectivity index (χ0n) is 10.6. The number of aliphatic hydroxyl groups excluding tert-OH is 1. The van der Waals surface area contributed by atoms with Crippen LogP contribution in [0.3, 0.4) is 0 Å². The van der Waals surface area contributed by atoms with E-state index < -0.39 is 5.97 Å². The summed E-state index contributed by atoms with van der Waals surface area (Å²) in [5, 5.41) is 9.61. The van der Waals surface area contributed by atoms with Crippen LogP contribution < -0.4 is 0 Å². The molecule has 0 aliphatic carbocycles. The Balaban J connectivity index is 2.46. The summed E-state index contributed by atoms with van der Waals surface area (Å²) in [6.45, 7) is 3.13. The van der Waals surface area contributed by atoms with Gasteiger partial charge in [-0.25, -0.2) is 9.79 Å². The number of nitrogens with zero attached hydrogens (tertiary/aromatic N) is 1. The third-order valence-electron chi connectivity index (χ3n) is 2.67. The topological polar surface area (TPSA) is 76.0 Å². The highest BCUT2D eigenvalue weighted by atomic mass is 16.5. The van der Waals surface area contributed by atoms with E-state index in [9.17, 15) is 14.7 Å². The van der Waals surface area contributed by atoms with Crippen molar-refractivity contribution in [2.24, 2.45) is 4.99 Å². The molecule has 0 spiro atoms. The molecule has 1 aliphatic rings. The minimum atomic E-state index is -0.748. The molecule has 1 aromatic carbocycles. The maximum Gasteiger partial charge on any atom is 0.343 e. The maximum atomic E-state index is 12.2. The molecule has 0 radical (unpaired) electrons. The first-order valence-corrected chi connectivity index (χ1v) is 5.86. The fourth-order valence-corrected chi connectivity index (χ4v) is 1.85. The number of carbonyl (C=O) groups excluding carboxylic acids is 2. The average molecular weight is 259 g/mol. The smallest absolute Gasteiger partial charge is 0.343 e. The Hall–Kier alpha value is -2.43. The number of hydrogen-bond donors (Lipinski definition) is 1. The number of para-hydroxylation sites is 1. The lowest BCUT2D eigenvalue weighted by molar-refractivity contribution is -0.138. The summed E-state index contributed by atoms with van der Waals surface area (Å²) < 4.78 is 4.84. The zero-order valence-corrected chi connectivity index (χ0v) is 10.6. The highest BCUT2D eigenvalue weighted by Crippen LogP contribution is 2.29. The molecule has 0 aromatic heterocycles. The molecule has 1 aromatic rings. The van der Waals surface area contributed by atoms with Crippen LogP contribution in [0.5, 0.6) is 0 Å². The number of ketones is 1. The van der Waals surface area contributed by atoms with Crippen molar-refractivity contribution in [3.8, 4) is 0 Å². The number of Topliss-reactive ketones (excluding diaryl/α,β-unsaturated/α-hetero) is 1. The van der Waals surface area contributed by atoms with Gasteiger partial charge in [0.25, 0.3) is 0 Å². The number of allylic oxidation sites excluding steroid dienone is 1. The summed E-state index contributed by atoms with van der Waals surface area (Å²) in [7, 11) is 0. The van der Waals surface area contributed by atoms with Gasteiger partial charge in [0.05, 0.1) is 12.3 Å². The van der Waals surface area contributed by atoms with E-state index in [1.54, 1.807) is 31.2 Å². The molecule has 1 heterocycles. The second-order valence-corrected chi connectivity index (χ2v) is 3.99. The molecule has 0 fully saturated rings. The van der Waals surface area contributed by atoms with Gasteiger partial charge in [0.2, 0.25) is 5.78 Å². The largest absolute Gasteiger partial charge is 0.512 e. The van der Waals surface area contributed by atoms with Crippen molar-refractivity contribution in [2.75, 3.05) is 6.61 Å². The molecule has 0 bridgehead atoms. The van der Waals surface area contributed by atoms with Crippen LogP contribution in [0.2, 0.25) is 0 Å². The number of benzene rings is 1. The summed E-state index contributed by atoms with van der Waals surface area (Å²) in [6.07, 6.45) is 0. The monoisotopic (exact) mass is 259 g/mol. The minimum Gasteiger partial charge on any atom is -0.512 e. The van der Waals surface area contributed by atoms with E-state index in [-0.39, 0.29) is 29.4 Å². The number of aliphatic imine (C=N–C) groups is 1. The predicted molar refractivity (Wildman–Crippen MR) is 69.8 cm³/mol. The van der Waals surface area contributed by atoms with Gasteiger partial charge in [0, 0.05) is 5.56 Å². The van der Waals surface area contributed by atoms with Crippen LogP contribution in [0.15, 0.2) is 40.6 Å². The molecule has 2 rings (SSSR count). The van der Waals surface area contributed by atoms with E-state index in [0.717, 1.165) is 0 Å². The molecule has 0 amide bonds. The highest BCUT2D eigenvalue weighted by Gasteiger charge is 2.32. The van der Waals surface area contributed by atoms with Crippen molar-refractivity contribution < 1.29 is 19.4 Å². The Labute approximate surface area is 110 Å². The van der Waals surface area contributed by atoms with Gasteiger partial charge >= 0.3 is 5.97 Å². The summed E-state index contributed by atoms with van der Waals surface area (Å²) in [4.78, 5) is 28.1. The average Bonchev–Trinajstić information content (AvgIpc) is 2.68. The van der Waals surface area contributed by atoms with Crippen LogP contribution in [0.1, 0.15) is 24.2 Å². The van der Waals surface area contributed by atoms with Gasteiger partial charge in [-0.3, -0.25) is 4.79 Å². The third kappa shape index (κ3) is 2.27. The number of esters is 1. The van der Waals surface area contributed by atoms with Crippen molar-refractivity contribution in [3.05, 3.63) is 41.2 Å². The number of aliphatic hydroxyl groups is 1. The Morgan fingerprint density at radius 3 is 2.63 bits per heavy atom. The molecule has 1 aliphatic heterocycles. The summed E-state index contributed by atoms with van der Waals surface area (Å²) in [6, 6.07) is 6.77. The standard InChI is InChI=1S/C14H13NO4/c1-3-19-14(18)11(8(2)16)12-13(17)9-6-4-5-7-10(9)15-12/h4-7,16H,3H2,1-2H3. The lowest BCUT2D eigenvalue weighted by Gasteiger charge is -2.06. The quantitative estimate of drug-likeness (QED) is 0.513. The molecule has 1 N–H and O–H groups in total. The third-order valence-corrected chi connectivity index (χ3v) is 2.67. The van der Waals surface area contributed by atoms with E-state index in [1.807, 2.05) is 0 Å². The minimum absolute atomic E-state index is 0.0698. The fraction of sp³-hybridized carbons (Fsp3) is 0.214. The molecule has 0 saturated heterocycles. The van der Waals surface area contributed by atoms with E-state index in [4.69, 9.17) is 4.74 Å². The Kier molecular flexibility index (Phi) is 3.46. The van der Waals surface area contributed by atoms with Crippen molar-refractivity contribution in [1.29, 1.82) is 0 Å². The van der Waals surface area contributed by atoms with Gasteiger partial charge in [-0.05, 0) is 26.0 Å². The van der Waals surface area contributed by atoms with Crippen molar-refractivity contribution in [3.63, 3.8) is 0 Å². The van der Waals surface area contributed by atoms with Crippen molar-refractivity contribution >= 4 is 23.2 Å². The first-order valence-electron chi connectivity index (χ1n) is 5.86. The second kappa shape index (κ2) is 5.06. The van der Waals surface area contributed by atoms with E-state index in [0.29, 0.717) is 11.3 Å². The molecule has 5 nitrogen and oxygen atoms in total. The van der Waals surface area contributed by atoms with Gasteiger partial charge in [-0.1, -0.05) is 12.1 Å². The first-order chi connectivity index (χ1) is 9.06. The lowest BCUT2D eigenvalue weighted by Crippen LogP contribution is -2.22. The van der Waals surface area contributed by atoms with Crippen LogP contribution in [0, 0.1) is 0 Å². The van der Waals surface area contributed by atoms with Crippen molar-refractivity contribution in [2.45, 2.75) is 13.8 Å². The Bertz CT molecular complexity index is 610. The number of rotatable bonds is 3. The van der Waals surface area contributed by atoms with Gasteiger partial charge in [0.15, 0.2) is 0 Å². The lowest BCUT2D eigenvalue weighted by atomic mass is 10.0. The molecule has 0 saturated carbocycles. The molecule has 19 heavy (non-hydrogen) atoms. The first kappa shape index (κ1) is 13.0. The number of hydrogen-bond acceptors (Lipinski definition) is 5. The van der Waals surface area contributed by atoms with Crippen LogP contribution in [-0.4, -0.2) is 29.2 Å². The van der Waals surface area contributed by atoms with Gasteiger partial charge in [-0.15, -0.1) is 0 Å². The van der Waals surface area contributed by atoms with E-state index in [1.165, 1.54) is 6.92 Å². The number of carbonyl (C=O) groups is 2. The fourth-order valence-electron chi connectivity index (χ4n) is 1.85. The summed E-state index contributed by atoms with van der Waals surface area (Å²) in [5.74, 6) is -1.41. The molecular formula is C14H13NO4. The van der Waals surface area contributed by atoms with Crippen LogP contribution in [-0.2, 0) is 9.53 Å². The Morgan fingerprint density at radius 2 is 2.05 bits per heavy atom. The molecule has 98 valence electrons. The normalized spacial score (nSPS) is 14.6. The number of fused-ring (bicyclic) bond motifs is 1. The zero-order chi connectivity index (χ0) is 14.0. The summed E-state index contributed by atoms with van der Waals surface area (Å²) in [5.41, 5.74) is 0.661. The highest BCUT2D eigenvalue weighted by molar-refractivity contribution is 6.58. The van der Waals surface area contributed by atoms with Crippen LogP contribution >= 0.6 is 0 Å². The summed E-state index contributed by atoms with van der Waals surface area (Å²) >= 11 is 0. The predicted octanol–water partition coefficient (Wildman–Crippen LogP) is 2.35. The van der Waals surface area contributed by atoms with E-state index in [2.05, 4.69) is 4.99 Å². The molecule has 5 heteroatoms. The van der Waals surface area contributed by atoms with Gasteiger partial charge in [0.1, 0.15) is 17.0 Å².